The third-order valence-electron chi connectivity index (χ3n) is 4.15. The highest BCUT2D eigenvalue weighted by molar-refractivity contribution is 6.02. The molecule has 0 unspecified atom stereocenters. The highest BCUT2D eigenvalue weighted by atomic mass is 16.5. The molecule has 7 heteroatoms. The fourth-order valence-electron chi connectivity index (χ4n) is 2.80. The Hall–Kier alpha value is -2.83. The minimum atomic E-state index is -0.615. The van der Waals surface area contributed by atoms with Crippen molar-refractivity contribution in [3.05, 3.63) is 40.7 Å². The molecule has 1 heterocycles. The molecule has 0 aliphatic carbocycles. The summed E-state index contributed by atoms with van der Waals surface area (Å²) >= 11 is 0. The number of hydrogen-bond donors (Lipinski definition) is 4. The predicted molar refractivity (Wildman–Crippen MR) is 99.1 cm³/mol. The number of nitrogens with two attached hydrogens (primary N) is 1. The molecule has 0 aromatic heterocycles. The lowest BCUT2D eigenvalue weighted by atomic mass is 9.96. The maximum atomic E-state index is 12.6. The lowest BCUT2D eigenvalue weighted by molar-refractivity contribution is 0.0956. The summed E-state index contributed by atoms with van der Waals surface area (Å²) in [5.41, 5.74) is 7.13. The number of allylic oxidation sites excluding steroid dienone is 2. The van der Waals surface area contributed by atoms with E-state index in [0.29, 0.717) is 42.9 Å². The first-order valence-electron chi connectivity index (χ1n) is 8.68. The van der Waals surface area contributed by atoms with Crippen LogP contribution in [0, 0.1) is 5.41 Å². The van der Waals surface area contributed by atoms with Crippen molar-refractivity contribution in [1.82, 2.24) is 5.32 Å². The van der Waals surface area contributed by atoms with Crippen LogP contribution in [0.3, 0.4) is 0 Å². The van der Waals surface area contributed by atoms with Crippen LogP contribution in [-0.4, -0.2) is 35.8 Å². The Morgan fingerprint density at radius 3 is 2.88 bits per heavy atom. The number of primary amides is 1. The van der Waals surface area contributed by atoms with Gasteiger partial charge in [-0.3, -0.25) is 9.59 Å². The first kappa shape index (κ1) is 19.5. The maximum Gasteiger partial charge on any atom is 0.252 e. The summed E-state index contributed by atoms with van der Waals surface area (Å²) in [6, 6.07) is 3.07. The average Bonchev–Trinajstić information content (AvgIpc) is 2.62. The molecule has 0 bridgehead atoms. The van der Waals surface area contributed by atoms with Gasteiger partial charge in [-0.1, -0.05) is 0 Å². The molecule has 0 spiro atoms. The lowest BCUT2D eigenvalue weighted by Crippen LogP contribution is -2.31. The van der Waals surface area contributed by atoms with Crippen molar-refractivity contribution < 1.29 is 19.4 Å². The summed E-state index contributed by atoms with van der Waals surface area (Å²) in [7, 11) is 0. The Morgan fingerprint density at radius 1 is 1.42 bits per heavy atom. The van der Waals surface area contributed by atoms with Crippen LogP contribution in [0.4, 0.5) is 0 Å². The van der Waals surface area contributed by atoms with Crippen molar-refractivity contribution in [2.75, 3.05) is 13.2 Å². The largest absolute Gasteiger partial charge is 0.513 e. The number of aliphatic hydroxyl groups is 1. The lowest BCUT2D eigenvalue weighted by Gasteiger charge is -2.21. The van der Waals surface area contributed by atoms with Crippen LogP contribution in [0.5, 0.6) is 5.75 Å². The van der Waals surface area contributed by atoms with Gasteiger partial charge in [0.05, 0.1) is 18.9 Å². The van der Waals surface area contributed by atoms with Crippen molar-refractivity contribution in [3.8, 4) is 5.75 Å². The Morgan fingerprint density at radius 2 is 2.19 bits per heavy atom. The van der Waals surface area contributed by atoms with Gasteiger partial charge in [0.2, 0.25) is 5.91 Å². The van der Waals surface area contributed by atoms with Crippen molar-refractivity contribution in [2.45, 2.75) is 39.0 Å². The molecular formula is C19H25N3O4. The van der Waals surface area contributed by atoms with E-state index in [9.17, 15) is 9.59 Å². The molecular weight excluding hydrogens is 334 g/mol. The smallest absolute Gasteiger partial charge is 0.252 e. The number of fused-ring (bicyclic) bond motifs is 1. The topological polar surface area (TPSA) is 126 Å². The zero-order valence-corrected chi connectivity index (χ0v) is 14.9. The molecule has 0 saturated heterocycles. The SMILES string of the molecule is C/C(O)=C/CCCC(=N)CNC(=O)c1cc(C(N)=O)cc2c1CCCO2. The first-order valence-corrected chi connectivity index (χ1v) is 8.68. The molecule has 2 rings (SSSR count). The summed E-state index contributed by atoms with van der Waals surface area (Å²) in [5, 5.41) is 19.7. The Labute approximate surface area is 152 Å². The monoisotopic (exact) mass is 359 g/mol. The maximum absolute atomic E-state index is 12.6. The summed E-state index contributed by atoms with van der Waals surface area (Å²) in [6.45, 7) is 2.29. The highest BCUT2D eigenvalue weighted by Crippen LogP contribution is 2.29. The van der Waals surface area contributed by atoms with Gasteiger partial charge in [-0.05, 0) is 57.2 Å². The van der Waals surface area contributed by atoms with Crippen LogP contribution in [0.1, 0.15) is 58.9 Å². The van der Waals surface area contributed by atoms with Gasteiger partial charge in [0, 0.05) is 22.4 Å². The Kier molecular flexibility index (Phi) is 6.77. The highest BCUT2D eigenvalue weighted by Gasteiger charge is 2.21. The molecule has 26 heavy (non-hydrogen) atoms. The van der Waals surface area contributed by atoms with E-state index in [1.54, 1.807) is 19.1 Å². The Balaban J connectivity index is 2.00. The van der Waals surface area contributed by atoms with Gasteiger partial charge < -0.3 is 26.3 Å². The number of ether oxygens (including phenoxy) is 1. The number of carbonyl (C=O) groups excluding carboxylic acids is 2. The summed E-state index contributed by atoms with van der Waals surface area (Å²) < 4.78 is 5.56. The van der Waals surface area contributed by atoms with Crippen LogP contribution in [0.15, 0.2) is 24.0 Å². The van der Waals surface area contributed by atoms with E-state index in [1.165, 1.54) is 6.07 Å². The third kappa shape index (κ3) is 5.34. The average molecular weight is 359 g/mol. The number of nitrogens with one attached hydrogen (secondary N) is 2. The number of hydrogen-bond acceptors (Lipinski definition) is 5. The molecule has 0 radical (unpaired) electrons. The van der Waals surface area contributed by atoms with Crippen molar-refractivity contribution in [2.24, 2.45) is 5.73 Å². The minimum absolute atomic E-state index is 0.136. The van der Waals surface area contributed by atoms with E-state index in [0.717, 1.165) is 18.4 Å². The molecule has 1 aliphatic heterocycles. The second-order valence-corrected chi connectivity index (χ2v) is 6.34. The van der Waals surface area contributed by atoms with Crippen molar-refractivity contribution in [3.63, 3.8) is 0 Å². The van der Waals surface area contributed by atoms with E-state index in [1.807, 2.05) is 0 Å². The Bertz CT molecular complexity index is 737. The number of carbonyl (C=O) groups is 2. The molecule has 0 fully saturated rings. The second-order valence-electron chi connectivity index (χ2n) is 6.34. The number of amides is 2. The summed E-state index contributed by atoms with van der Waals surface area (Å²) in [4.78, 5) is 24.1. The number of aliphatic hydroxyl groups excluding tert-OH is 1. The van der Waals surface area contributed by atoms with E-state index in [2.05, 4.69) is 5.32 Å². The molecule has 1 aromatic carbocycles. The van der Waals surface area contributed by atoms with Gasteiger partial charge in [-0.2, -0.15) is 0 Å². The van der Waals surface area contributed by atoms with Crippen LogP contribution in [-0.2, 0) is 6.42 Å². The standard InChI is InChI=1S/C19H25N3O4/c1-12(23)5-2-3-6-14(20)11-22-19(25)16-9-13(18(21)24)10-17-15(16)7-4-8-26-17/h5,9-10,20,23H,2-4,6-8,11H2,1H3,(H2,21,24)(H,22,25)/b12-5-,20-14?. The molecule has 1 aromatic rings. The van der Waals surface area contributed by atoms with Gasteiger partial charge in [0.15, 0.2) is 0 Å². The number of benzene rings is 1. The molecule has 140 valence electrons. The molecule has 0 saturated carbocycles. The first-order chi connectivity index (χ1) is 12.4. The third-order valence-corrected chi connectivity index (χ3v) is 4.15. The quantitative estimate of drug-likeness (QED) is 0.323. The normalized spacial score (nSPS) is 13.5. The zero-order chi connectivity index (χ0) is 19.1. The molecule has 5 N–H and O–H groups in total. The summed E-state index contributed by atoms with van der Waals surface area (Å²) in [6.07, 6.45) is 5.15. The van der Waals surface area contributed by atoms with Crippen molar-refractivity contribution in [1.29, 1.82) is 5.41 Å². The zero-order valence-electron chi connectivity index (χ0n) is 14.9. The fraction of sp³-hybridized carbons (Fsp3) is 0.421. The van der Waals surface area contributed by atoms with Gasteiger partial charge in [-0.25, -0.2) is 0 Å². The number of unbranched alkanes of at least 4 members (excludes halogenated alkanes) is 1. The number of rotatable bonds is 8. The van der Waals surface area contributed by atoms with Gasteiger partial charge in [-0.15, -0.1) is 0 Å². The van der Waals surface area contributed by atoms with Crippen LogP contribution >= 0.6 is 0 Å². The second kappa shape index (κ2) is 9.03. The van der Waals surface area contributed by atoms with Gasteiger partial charge >= 0.3 is 0 Å². The van der Waals surface area contributed by atoms with Gasteiger partial charge in [0.1, 0.15) is 5.75 Å². The van der Waals surface area contributed by atoms with E-state index in [4.69, 9.17) is 21.0 Å². The van der Waals surface area contributed by atoms with E-state index < -0.39 is 5.91 Å². The fourth-order valence-corrected chi connectivity index (χ4v) is 2.80. The summed E-state index contributed by atoms with van der Waals surface area (Å²) in [5.74, 6) is -0.160. The van der Waals surface area contributed by atoms with E-state index >= 15 is 0 Å². The molecule has 7 nitrogen and oxygen atoms in total. The van der Waals surface area contributed by atoms with Gasteiger partial charge in [0.25, 0.3) is 5.91 Å². The van der Waals surface area contributed by atoms with Crippen LogP contribution in [0.2, 0.25) is 0 Å². The molecule has 2 amide bonds. The molecule has 0 atom stereocenters. The van der Waals surface area contributed by atoms with Crippen molar-refractivity contribution >= 4 is 17.5 Å². The predicted octanol–water partition coefficient (Wildman–Crippen LogP) is 2.49. The molecule has 1 aliphatic rings. The van der Waals surface area contributed by atoms with E-state index in [-0.39, 0.29) is 23.8 Å². The minimum Gasteiger partial charge on any atom is -0.513 e. The van der Waals surface area contributed by atoms with Crippen LogP contribution < -0.4 is 15.8 Å². The van der Waals surface area contributed by atoms with Crippen LogP contribution in [0.25, 0.3) is 0 Å².